The molecular weight excluding hydrogens is 373 g/mol. The van der Waals surface area contributed by atoms with E-state index in [4.69, 9.17) is 27.9 Å². The van der Waals surface area contributed by atoms with Gasteiger partial charge in [-0.05, 0) is 48.9 Å². The Kier molecular flexibility index (Phi) is 5.79. The number of ether oxygens (including phenoxy) is 1. The van der Waals surface area contributed by atoms with Crippen molar-refractivity contribution in [2.75, 3.05) is 43.5 Å². The summed E-state index contributed by atoms with van der Waals surface area (Å²) in [6.07, 6.45) is 0. The third-order valence-corrected chi connectivity index (χ3v) is 4.95. The number of nitrogens with zero attached hydrogens (tertiary/aromatic N) is 2. The van der Waals surface area contributed by atoms with E-state index >= 15 is 0 Å². The third kappa shape index (κ3) is 4.17. The lowest BCUT2D eigenvalue weighted by molar-refractivity contribution is 0.208. The van der Waals surface area contributed by atoms with Gasteiger partial charge in [-0.1, -0.05) is 23.2 Å². The van der Waals surface area contributed by atoms with Crippen LogP contribution in [0.25, 0.3) is 0 Å². The van der Waals surface area contributed by atoms with Crippen LogP contribution < -0.4 is 15.0 Å². The number of piperazine rings is 1. The molecule has 5 nitrogen and oxygen atoms in total. The van der Waals surface area contributed by atoms with Gasteiger partial charge in [0.05, 0.1) is 12.8 Å². The second kappa shape index (κ2) is 8.06. The van der Waals surface area contributed by atoms with Crippen molar-refractivity contribution in [3.05, 3.63) is 52.0 Å². The minimum atomic E-state index is -0.104. The van der Waals surface area contributed by atoms with Gasteiger partial charge in [-0.25, -0.2) is 4.79 Å². The molecule has 0 aromatic heterocycles. The molecule has 1 saturated heterocycles. The highest BCUT2D eigenvalue weighted by atomic mass is 35.5. The number of carbonyl (C=O) groups is 1. The van der Waals surface area contributed by atoms with Crippen LogP contribution in [-0.4, -0.2) is 44.2 Å². The van der Waals surface area contributed by atoms with Gasteiger partial charge in [-0.3, -0.25) is 0 Å². The van der Waals surface area contributed by atoms with Crippen LogP contribution in [0.15, 0.2) is 36.4 Å². The minimum absolute atomic E-state index is 0.104. The monoisotopic (exact) mass is 393 g/mol. The number of amides is 2. The summed E-state index contributed by atoms with van der Waals surface area (Å²) in [5.41, 5.74) is 2.67. The molecule has 2 amide bonds. The molecule has 1 aliphatic rings. The molecular formula is C19H21Cl2N3O2. The van der Waals surface area contributed by atoms with E-state index in [9.17, 15) is 4.79 Å². The van der Waals surface area contributed by atoms with Gasteiger partial charge in [0, 0.05) is 41.9 Å². The first kappa shape index (κ1) is 18.7. The summed E-state index contributed by atoms with van der Waals surface area (Å²) in [7, 11) is 1.64. The van der Waals surface area contributed by atoms with E-state index in [0.717, 1.165) is 22.7 Å². The zero-order valence-electron chi connectivity index (χ0n) is 14.8. The van der Waals surface area contributed by atoms with Crippen LogP contribution >= 0.6 is 23.2 Å². The molecule has 0 bridgehead atoms. The Morgan fingerprint density at radius 3 is 2.35 bits per heavy atom. The normalized spacial score (nSPS) is 14.3. The van der Waals surface area contributed by atoms with E-state index < -0.39 is 0 Å². The Balaban J connectivity index is 1.63. The topological polar surface area (TPSA) is 44.8 Å². The van der Waals surface area contributed by atoms with Gasteiger partial charge in [-0.15, -0.1) is 0 Å². The van der Waals surface area contributed by atoms with E-state index in [2.05, 4.69) is 10.2 Å². The highest BCUT2D eigenvalue weighted by Gasteiger charge is 2.23. The first-order valence-electron chi connectivity index (χ1n) is 8.38. The molecule has 0 saturated carbocycles. The van der Waals surface area contributed by atoms with Crippen molar-refractivity contribution in [2.45, 2.75) is 6.92 Å². The molecule has 2 aromatic carbocycles. The van der Waals surface area contributed by atoms with E-state index in [-0.39, 0.29) is 6.03 Å². The van der Waals surface area contributed by atoms with Crippen LogP contribution in [-0.2, 0) is 0 Å². The van der Waals surface area contributed by atoms with Crippen LogP contribution in [0.3, 0.4) is 0 Å². The van der Waals surface area contributed by atoms with E-state index in [1.165, 1.54) is 0 Å². The summed E-state index contributed by atoms with van der Waals surface area (Å²) in [5, 5.41) is 4.28. The number of rotatable bonds is 3. The lowest BCUT2D eigenvalue weighted by atomic mass is 10.2. The SMILES string of the molecule is COc1ccc(Cl)cc1N1CCN(C(=O)Nc2ccc(Cl)cc2C)CC1. The van der Waals surface area contributed by atoms with Crippen molar-refractivity contribution in [2.24, 2.45) is 0 Å². The first-order valence-corrected chi connectivity index (χ1v) is 9.14. The van der Waals surface area contributed by atoms with Gasteiger partial charge in [0.15, 0.2) is 0 Å². The minimum Gasteiger partial charge on any atom is -0.495 e. The van der Waals surface area contributed by atoms with E-state index in [1.54, 1.807) is 13.2 Å². The molecule has 2 aromatic rings. The van der Waals surface area contributed by atoms with Crippen molar-refractivity contribution in [1.82, 2.24) is 4.90 Å². The summed E-state index contributed by atoms with van der Waals surface area (Å²) in [6.45, 7) is 4.58. The average Bonchev–Trinajstić information content (AvgIpc) is 2.64. The van der Waals surface area contributed by atoms with Crippen molar-refractivity contribution in [3.63, 3.8) is 0 Å². The number of methoxy groups -OCH3 is 1. The van der Waals surface area contributed by atoms with E-state index in [0.29, 0.717) is 36.2 Å². The third-order valence-electron chi connectivity index (χ3n) is 4.48. The standard InChI is InChI=1S/C19H21Cl2N3O2/c1-13-11-14(20)3-5-16(13)22-19(25)24-9-7-23(8-10-24)17-12-15(21)4-6-18(17)26-2/h3-6,11-12H,7-10H2,1-2H3,(H,22,25). The summed E-state index contributed by atoms with van der Waals surface area (Å²) in [5.74, 6) is 0.782. The number of nitrogens with one attached hydrogen (secondary N) is 1. The number of anilines is 2. The van der Waals surface area contributed by atoms with Gasteiger partial charge in [0.2, 0.25) is 0 Å². The number of benzene rings is 2. The highest BCUT2D eigenvalue weighted by Crippen LogP contribution is 2.32. The van der Waals surface area contributed by atoms with Crippen molar-refractivity contribution in [1.29, 1.82) is 0 Å². The molecule has 26 heavy (non-hydrogen) atoms. The molecule has 0 unspecified atom stereocenters. The van der Waals surface area contributed by atoms with Crippen LogP contribution in [0.4, 0.5) is 16.2 Å². The number of urea groups is 1. The molecule has 0 spiro atoms. The zero-order valence-corrected chi connectivity index (χ0v) is 16.3. The Bertz CT molecular complexity index is 805. The molecule has 1 heterocycles. The predicted octanol–water partition coefficient (Wildman–Crippen LogP) is 4.66. The summed E-state index contributed by atoms with van der Waals surface area (Å²) in [6, 6.07) is 10.9. The smallest absolute Gasteiger partial charge is 0.321 e. The fourth-order valence-electron chi connectivity index (χ4n) is 3.02. The largest absolute Gasteiger partial charge is 0.495 e. The number of aryl methyl sites for hydroxylation is 1. The van der Waals surface area contributed by atoms with Crippen LogP contribution in [0.2, 0.25) is 10.0 Å². The van der Waals surface area contributed by atoms with Gasteiger partial charge in [0.25, 0.3) is 0 Å². The zero-order chi connectivity index (χ0) is 18.7. The molecule has 138 valence electrons. The quantitative estimate of drug-likeness (QED) is 0.823. The molecule has 0 radical (unpaired) electrons. The van der Waals surface area contributed by atoms with Crippen LogP contribution in [0.5, 0.6) is 5.75 Å². The molecule has 7 heteroatoms. The second-order valence-corrected chi connectivity index (χ2v) is 7.05. The fraction of sp³-hybridized carbons (Fsp3) is 0.316. The maximum atomic E-state index is 12.5. The van der Waals surface area contributed by atoms with Gasteiger partial charge in [0.1, 0.15) is 5.75 Å². The number of hydrogen-bond donors (Lipinski definition) is 1. The fourth-order valence-corrected chi connectivity index (χ4v) is 3.42. The van der Waals surface area contributed by atoms with Gasteiger partial charge in [-0.2, -0.15) is 0 Å². The first-order chi connectivity index (χ1) is 12.5. The summed E-state index contributed by atoms with van der Waals surface area (Å²) >= 11 is 12.1. The highest BCUT2D eigenvalue weighted by molar-refractivity contribution is 6.31. The van der Waals surface area contributed by atoms with Gasteiger partial charge >= 0.3 is 6.03 Å². The molecule has 0 aliphatic carbocycles. The Hall–Kier alpha value is -2.11. The molecule has 1 N–H and O–H groups in total. The van der Waals surface area contributed by atoms with Crippen LogP contribution in [0.1, 0.15) is 5.56 Å². The molecule has 0 atom stereocenters. The lowest BCUT2D eigenvalue weighted by Crippen LogP contribution is -2.50. The second-order valence-electron chi connectivity index (χ2n) is 6.18. The Morgan fingerprint density at radius 1 is 1.04 bits per heavy atom. The Morgan fingerprint density at radius 2 is 1.69 bits per heavy atom. The maximum absolute atomic E-state index is 12.5. The average molecular weight is 394 g/mol. The number of hydrogen-bond acceptors (Lipinski definition) is 3. The molecule has 3 rings (SSSR count). The molecule has 1 aliphatic heterocycles. The van der Waals surface area contributed by atoms with Crippen molar-refractivity contribution in [3.8, 4) is 5.75 Å². The summed E-state index contributed by atoms with van der Waals surface area (Å²) < 4.78 is 5.43. The number of carbonyl (C=O) groups excluding carboxylic acids is 1. The van der Waals surface area contributed by atoms with Gasteiger partial charge < -0.3 is 19.9 Å². The van der Waals surface area contributed by atoms with Crippen molar-refractivity contribution >= 4 is 40.6 Å². The lowest BCUT2D eigenvalue weighted by Gasteiger charge is -2.36. The summed E-state index contributed by atoms with van der Waals surface area (Å²) in [4.78, 5) is 16.5. The maximum Gasteiger partial charge on any atom is 0.321 e. The molecule has 1 fully saturated rings. The Labute approximate surface area is 163 Å². The van der Waals surface area contributed by atoms with Crippen LogP contribution in [0, 0.1) is 6.92 Å². The number of halogens is 2. The van der Waals surface area contributed by atoms with E-state index in [1.807, 2.05) is 42.2 Å². The predicted molar refractivity (Wildman–Crippen MR) is 107 cm³/mol. The van der Waals surface area contributed by atoms with Crippen molar-refractivity contribution < 1.29 is 9.53 Å².